The van der Waals surface area contributed by atoms with Gasteiger partial charge >= 0.3 is 17.9 Å². The van der Waals surface area contributed by atoms with Crippen molar-refractivity contribution in [3.63, 3.8) is 0 Å². The topological polar surface area (TPSA) is 141 Å². The minimum absolute atomic E-state index is 0.164. The van der Waals surface area contributed by atoms with Crippen molar-refractivity contribution in [1.29, 1.82) is 0 Å². The molecule has 8 nitrogen and oxygen atoms in total. The van der Waals surface area contributed by atoms with Crippen molar-refractivity contribution in [2.45, 2.75) is 158 Å². The molecule has 4 N–H and O–H groups in total. The Morgan fingerprint density at radius 3 is 1.65 bits per heavy atom. The number of aryl methyl sites for hydroxylation is 1. The summed E-state index contributed by atoms with van der Waals surface area (Å²) in [6, 6.07) is 13.4. The lowest BCUT2D eigenvalue weighted by Crippen LogP contribution is -2.35. The average molecular weight is 767 g/mol. The fourth-order valence-electron chi connectivity index (χ4n) is 8.02. The molecular formula is C47H74O8. The molecule has 0 spiro atoms. The largest absolute Gasteiger partial charge is 0.481 e. The van der Waals surface area contributed by atoms with Crippen LogP contribution in [0.1, 0.15) is 166 Å². The Morgan fingerprint density at radius 2 is 1.22 bits per heavy atom. The fourth-order valence-corrected chi connectivity index (χ4v) is 8.02. The Bertz CT molecular complexity index is 1510. The van der Waals surface area contributed by atoms with Crippen LogP contribution in [0, 0.1) is 47.8 Å². The van der Waals surface area contributed by atoms with Gasteiger partial charge < -0.3 is 25.2 Å². The number of hydrogen-bond donors (Lipinski definition) is 4. The molecule has 2 saturated carbocycles. The zero-order valence-corrected chi connectivity index (χ0v) is 36.2. The zero-order chi connectivity index (χ0) is 42.0. The minimum atomic E-state index is -0.847. The van der Waals surface area contributed by atoms with Crippen LogP contribution in [0.2, 0.25) is 0 Å². The first kappa shape index (κ1) is 47.9. The molecule has 1 aliphatic heterocycles. The molecule has 0 amide bonds. The van der Waals surface area contributed by atoms with Crippen molar-refractivity contribution in [2.75, 3.05) is 6.61 Å². The van der Waals surface area contributed by atoms with E-state index in [1.54, 1.807) is 19.9 Å². The monoisotopic (exact) mass is 767 g/mol. The molecule has 5 rings (SSSR count). The summed E-state index contributed by atoms with van der Waals surface area (Å²) >= 11 is 0. The number of ether oxygens (including phenoxy) is 1. The number of rotatable bonds is 9. The number of carbonyl (C=O) groups is 3. The lowest BCUT2D eigenvalue weighted by Gasteiger charge is -2.37. The highest BCUT2D eigenvalue weighted by molar-refractivity contribution is 5.89. The molecule has 55 heavy (non-hydrogen) atoms. The van der Waals surface area contributed by atoms with Crippen molar-refractivity contribution in [3.05, 3.63) is 70.3 Å². The van der Waals surface area contributed by atoms with Crippen LogP contribution in [-0.4, -0.2) is 57.1 Å². The van der Waals surface area contributed by atoms with Gasteiger partial charge in [-0.25, -0.2) is 4.79 Å². The molecule has 4 atom stereocenters. The molecule has 3 aliphatic rings. The third kappa shape index (κ3) is 13.2. The second kappa shape index (κ2) is 20.8. The van der Waals surface area contributed by atoms with E-state index in [1.165, 1.54) is 18.4 Å². The van der Waals surface area contributed by atoms with Gasteiger partial charge in [-0.15, -0.1) is 0 Å². The first-order valence-electron chi connectivity index (χ1n) is 20.6. The van der Waals surface area contributed by atoms with Crippen molar-refractivity contribution < 1.29 is 39.5 Å². The normalized spacial score (nSPS) is 23.6. The average Bonchev–Trinajstić information content (AvgIpc) is 3.71. The maximum Gasteiger partial charge on any atom is 0.335 e. The standard InChI is InChI=1S/C13H24O2.C13H18O2.C11H14O2.C10H18O2/c2*1-9(2)10-5-7-11(8-6-10)13(3,4)12(14)15;1-7(2)9-5-4-8(3)10(6-9)11(12)13;1-6(2)8-5-12-10-7(8)3-4-9(10)11/h9-11H,5-8H2,1-4H3,(H,14,15);5-9H,1-4H3,(H,14,15);4-7H,1-3H3,(H,12,13);6-11H,3-5H2,1-2H3/t;;;7-,8+,9-,10+/m...1/s1. The number of hydrogen-bond acceptors (Lipinski definition) is 5. The van der Waals surface area contributed by atoms with Gasteiger partial charge in [-0.3, -0.25) is 9.59 Å². The van der Waals surface area contributed by atoms with Crippen LogP contribution in [0.3, 0.4) is 0 Å². The highest BCUT2D eigenvalue weighted by Crippen LogP contribution is 2.43. The molecular weight excluding hydrogens is 693 g/mol. The summed E-state index contributed by atoms with van der Waals surface area (Å²) in [5.74, 6) is 2.52. The number of aliphatic carboxylic acids is 2. The van der Waals surface area contributed by atoms with E-state index in [4.69, 9.17) is 20.1 Å². The fraction of sp³-hybridized carbons (Fsp3) is 0.681. The van der Waals surface area contributed by atoms with E-state index in [0.29, 0.717) is 41.1 Å². The summed E-state index contributed by atoms with van der Waals surface area (Å²) in [7, 11) is 0. The third-order valence-corrected chi connectivity index (χ3v) is 12.8. The molecule has 1 heterocycles. The highest BCUT2D eigenvalue weighted by Gasteiger charge is 2.46. The highest BCUT2D eigenvalue weighted by atomic mass is 16.5. The van der Waals surface area contributed by atoms with Crippen LogP contribution in [0.5, 0.6) is 0 Å². The molecule has 3 fully saturated rings. The van der Waals surface area contributed by atoms with Gasteiger partial charge in [0.15, 0.2) is 0 Å². The number of carboxylic acid groups (broad SMARTS) is 3. The molecule has 0 radical (unpaired) electrons. The van der Waals surface area contributed by atoms with Crippen LogP contribution in [0.4, 0.5) is 0 Å². The van der Waals surface area contributed by atoms with E-state index < -0.39 is 28.7 Å². The Morgan fingerprint density at radius 1 is 0.691 bits per heavy atom. The van der Waals surface area contributed by atoms with E-state index in [0.717, 1.165) is 60.8 Å². The molecule has 0 bridgehead atoms. The quantitative estimate of drug-likeness (QED) is 0.198. The van der Waals surface area contributed by atoms with Gasteiger partial charge in [0, 0.05) is 0 Å². The van der Waals surface area contributed by atoms with Crippen molar-refractivity contribution >= 4 is 17.9 Å². The van der Waals surface area contributed by atoms with Crippen molar-refractivity contribution in [2.24, 2.45) is 40.9 Å². The van der Waals surface area contributed by atoms with Crippen LogP contribution >= 0.6 is 0 Å². The van der Waals surface area contributed by atoms with Crippen LogP contribution in [-0.2, 0) is 19.7 Å². The van der Waals surface area contributed by atoms with E-state index in [2.05, 4.69) is 55.4 Å². The first-order chi connectivity index (χ1) is 25.4. The summed E-state index contributed by atoms with van der Waals surface area (Å²) in [6.45, 7) is 27.3. The maximum atomic E-state index is 11.1. The van der Waals surface area contributed by atoms with E-state index >= 15 is 0 Å². The van der Waals surface area contributed by atoms with Gasteiger partial charge in [0.05, 0.1) is 35.2 Å². The molecule has 2 aromatic rings. The smallest absolute Gasteiger partial charge is 0.335 e. The molecule has 2 aromatic carbocycles. The predicted molar refractivity (Wildman–Crippen MR) is 222 cm³/mol. The van der Waals surface area contributed by atoms with Gasteiger partial charge in [-0.2, -0.15) is 0 Å². The van der Waals surface area contributed by atoms with Gasteiger partial charge in [0.1, 0.15) is 0 Å². The molecule has 0 aromatic heterocycles. The Balaban J connectivity index is 0.000000254. The van der Waals surface area contributed by atoms with Crippen LogP contribution < -0.4 is 0 Å². The van der Waals surface area contributed by atoms with E-state index in [-0.39, 0.29) is 12.2 Å². The number of aromatic carboxylic acids is 1. The summed E-state index contributed by atoms with van der Waals surface area (Å²) in [5, 5.41) is 36.7. The number of aliphatic hydroxyl groups is 1. The SMILES string of the molecule is CC(C)C1CCC(C(C)(C)C(=O)O)CC1.CC(C)[C@@H]1CO[C@H]2[C@@H]1CC[C@H]2O.CC(C)c1ccc(C(C)(C)C(=O)O)cc1.Cc1ccc(C(C)C)cc1C(=O)O. The van der Waals surface area contributed by atoms with Gasteiger partial charge in [-0.1, -0.05) is 91.8 Å². The molecule has 0 unspecified atom stereocenters. The van der Waals surface area contributed by atoms with Gasteiger partial charge in [-0.05, 0) is 149 Å². The molecule has 310 valence electrons. The second-order valence-electron chi connectivity index (χ2n) is 18.6. The number of fused-ring (bicyclic) bond motifs is 1. The van der Waals surface area contributed by atoms with Crippen LogP contribution in [0.15, 0.2) is 42.5 Å². The molecule has 8 heteroatoms. The van der Waals surface area contributed by atoms with E-state index in [9.17, 15) is 19.5 Å². The maximum absolute atomic E-state index is 11.1. The van der Waals surface area contributed by atoms with Crippen molar-refractivity contribution in [3.8, 4) is 0 Å². The minimum Gasteiger partial charge on any atom is -0.481 e. The second-order valence-corrected chi connectivity index (χ2v) is 18.6. The number of carboxylic acids is 3. The summed E-state index contributed by atoms with van der Waals surface area (Å²) in [4.78, 5) is 33.0. The lowest BCUT2D eigenvalue weighted by atomic mass is 9.67. The Kier molecular flexibility index (Phi) is 18.1. The Labute approximate surface area is 332 Å². The Hall–Kier alpha value is -3.23. The van der Waals surface area contributed by atoms with E-state index in [1.807, 2.05) is 57.2 Å². The number of aliphatic hydroxyl groups excluding tert-OH is 1. The third-order valence-electron chi connectivity index (χ3n) is 12.8. The van der Waals surface area contributed by atoms with Crippen molar-refractivity contribution in [1.82, 2.24) is 0 Å². The summed E-state index contributed by atoms with van der Waals surface area (Å²) in [6.07, 6.45) is 6.67. The first-order valence-corrected chi connectivity index (χ1v) is 20.6. The van der Waals surface area contributed by atoms with Gasteiger partial charge in [0.2, 0.25) is 0 Å². The predicted octanol–water partition coefficient (Wildman–Crippen LogP) is 11.0. The van der Waals surface area contributed by atoms with Crippen LogP contribution in [0.25, 0.3) is 0 Å². The molecule has 1 saturated heterocycles. The summed E-state index contributed by atoms with van der Waals surface area (Å²) < 4.78 is 5.61. The summed E-state index contributed by atoms with van der Waals surface area (Å²) in [5.41, 5.74) is 3.03. The van der Waals surface area contributed by atoms with Gasteiger partial charge in [0.25, 0.3) is 0 Å². The lowest BCUT2D eigenvalue weighted by molar-refractivity contribution is -0.151. The number of benzene rings is 2. The molecule has 2 aliphatic carbocycles. The zero-order valence-electron chi connectivity index (χ0n) is 36.2.